The fraction of sp³-hybridized carbons (Fsp3) is 0.500. The zero-order valence-corrected chi connectivity index (χ0v) is 14.6. The summed E-state index contributed by atoms with van der Waals surface area (Å²) in [6.07, 6.45) is 1.95. The molecule has 23 heavy (non-hydrogen) atoms. The Morgan fingerprint density at radius 3 is 2.96 bits per heavy atom. The molecule has 0 spiro atoms. The third-order valence-electron chi connectivity index (χ3n) is 4.34. The highest BCUT2D eigenvalue weighted by molar-refractivity contribution is 6.36. The number of carbonyl (C=O) groups is 1. The van der Waals surface area contributed by atoms with Gasteiger partial charge >= 0.3 is 0 Å². The van der Waals surface area contributed by atoms with Crippen LogP contribution < -0.4 is 10.1 Å². The molecule has 1 aromatic heterocycles. The van der Waals surface area contributed by atoms with E-state index >= 15 is 0 Å². The highest BCUT2D eigenvalue weighted by Gasteiger charge is 2.26. The summed E-state index contributed by atoms with van der Waals surface area (Å²) in [6, 6.07) is 5.61. The van der Waals surface area contributed by atoms with Crippen LogP contribution in [0.15, 0.2) is 18.2 Å². The summed E-state index contributed by atoms with van der Waals surface area (Å²) >= 11 is 6.32. The minimum absolute atomic E-state index is 0.0411. The van der Waals surface area contributed by atoms with E-state index in [0.29, 0.717) is 29.7 Å². The topological polar surface area (TPSA) is 43.3 Å². The van der Waals surface area contributed by atoms with E-state index in [1.807, 2.05) is 18.2 Å². The first-order valence-electron chi connectivity index (χ1n) is 8.27. The molecule has 0 saturated carbocycles. The van der Waals surface area contributed by atoms with Crippen LogP contribution in [-0.4, -0.2) is 23.1 Å². The lowest BCUT2D eigenvalue weighted by Crippen LogP contribution is -2.32. The summed E-state index contributed by atoms with van der Waals surface area (Å²) in [5.41, 5.74) is 1.59. The van der Waals surface area contributed by atoms with Gasteiger partial charge in [0.25, 0.3) is 5.91 Å². The lowest BCUT2D eigenvalue weighted by atomic mass is 10.1. The molecule has 2 aromatic rings. The zero-order valence-electron chi connectivity index (χ0n) is 13.9. The largest absolute Gasteiger partial charge is 0.486 e. The number of hydrogen-bond donors (Lipinski definition) is 1. The van der Waals surface area contributed by atoms with Gasteiger partial charge in [-0.1, -0.05) is 32.4 Å². The van der Waals surface area contributed by atoms with Crippen molar-refractivity contribution in [2.24, 2.45) is 5.92 Å². The van der Waals surface area contributed by atoms with Crippen LogP contribution in [0.2, 0.25) is 5.02 Å². The maximum absolute atomic E-state index is 12.6. The van der Waals surface area contributed by atoms with E-state index in [0.717, 1.165) is 29.5 Å². The molecule has 124 valence electrons. The van der Waals surface area contributed by atoms with E-state index in [4.69, 9.17) is 16.3 Å². The Kier molecular flexibility index (Phi) is 4.53. The number of nitrogens with one attached hydrogen (secondary N) is 1. The van der Waals surface area contributed by atoms with Gasteiger partial charge in [0.2, 0.25) is 0 Å². The van der Waals surface area contributed by atoms with Gasteiger partial charge in [0.1, 0.15) is 17.5 Å². The molecular weight excluding hydrogens is 312 g/mol. The van der Waals surface area contributed by atoms with E-state index < -0.39 is 0 Å². The summed E-state index contributed by atoms with van der Waals surface area (Å²) < 4.78 is 8.06. The Hall–Kier alpha value is -1.68. The van der Waals surface area contributed by atoms with Crippen LogP contribution in [0.25, 0.3) is 10.9 Å². The molecule has 1 aliphatic rings. The Bertz CT molecular complexity index is 736. The Labute approximate surface area is 141 Å². The minimum atomic E-state index is -0.0411. The lowest BCUT2D eigenvalue weighted by Gasteiger charge is -2.26. The van der Waals surface area contributed by atoms with Gasteiger partial charge in [-0.15, -0.1) is 0 Å². The summed E-state index contributed by atoms with van der Waals surface area (Å²) in [5, 5.41) is 4.55. The summed E-state index contributed by atoms with van der Waals surface area (Å²) in [4.78, 5) is 12.6. The van der Waals surface area contributed by atoms with Crippen LogP contribution in [-0.2, 0) is 6.54 Å². The maximum atomic E-state index is 12.6. The second kappa shape index (κ2) is 6.44. The van der Waals surface area contributed by atoms with Crippen LogP contribution in [0, 0.1) is 5.92 Å². The normalized spacial score (nSPS) is 16.7. The summed E-state index contributed by atoms with van der Waals surface area (Å²) in [5.74, 6) is 1.34. The van der Waals surface area contributed by atoms with Crippen LogP contribution in [0.3, 0.4) is 0 Å². The van der Waals surface area contributed by atoms with E-state index in [-0.39, 0.29) is 12.0 Å². The van der Waals surface area contributed by atoms with Gasteiger partial charge in [-0.05, 0) is 37.0 Å². The fourth-order valence-corrected chi connectivity index (χ4v) is 3.19. The predicted octanol–water partition coefficient (Wildman–Crippen LogP) is 4.24. The molecule has 1 aliphatic heterocycles. The van der Waals surface area contributed by atoms with E-state index in [2.05, 4.69) is 30.7 Å². The minimum Gasteiger partial charge on any atom is -0.486 e. The van der Waals surface area contributed by atoms with Crippen molar-refractivity contribution in [2.75, 3.05) is 6.54 Å². The van der Waals surface area contributed by atoms with Gasteiger partial charge < -0.3 is 14.6 Å². The second-order valence-electron chi connectivity index (χ2n) is 6.53. The Morgan fingerprint density at radius 1 is 1.48 bits per heavy atom. The van der Waals surface area contributed by atoms with Crippen molar-refractivity contribution in [1.29, 1.82) is 0 Å². The van der Waals surface area contributed by atoms with Crippen LogP contribution >= 0.6 is 11.6 Å². The number of amides is 1. The van der Waals surface area contributed by atoms with Crippen LogP contribution in [0.5, 0.6) is 5.75 Å². The number of carbonyl (C=O) groups excluding carboxylic acids is 1. The van der Waals surface area contributed by atoms with E-state index in [1.165, 1.54) is 0 Å². The second-order valence-corrected chi connectivity index (χ2v) is 6.94. The average molecular weight is 335 g/mol. The average Bonchev–Trinajstić information content (AvgIpc) is 2.91. The molecule has 1 aromatic carbocycles. The third-order valence-corrected chi connectivity index (χ3v) is 4.67. The van der Waals surface area contributed by atoms with Crippen molar-refractivity contribution in [1.82, 2.24) is 9.88 Å². The predicted molar refractivity (Wildman–Crippen MR) is 93.4 cm³/mol. The Morgan fingerprint density at radius 2 is 2.26 bits per heavy atom. The first kappa shape index (κ1) is 16.2. The van der Waals surface area contributed by atoms with Crippen molar-refractivity contribution >= 4 is 28.4 Å². The molecule has 1 N–H and O–H groups in total. The first-order chi connectivity index (χ1) is 11.0. The zero-order chi connectivity index (χ0) is 16.6. The number of benzene rings is 1. The van der Waals surface area contributed by atoms with Gasteiger partial charge in [-0.25, -0.2) is 0 Å². The molecule has 0 unspecified atom stereocenters. The van der Waals surface area contributed by atoms with Crippen molar-refractivity contribution < 1.29 is 9.53 Å². The van der Waals surface area contributed by atoms with Crippen molar-refractivity contribution in [3.05, 3.63) is 28.9 Å². The smallest absolute Gasteiger partial charge is 0.267 e. The third kappa shape index (κ3) is 3.05. The molecule has 0 aliphatic carbocycles. The van der Waals surface area contributed by atoms with Crippen LogP contribution in [0.4, 0.5) is 0 Å². The first-order valence-corrected chi connectivity index (χ1v) is 8.65. The maximum Gasteiger partial charge on any atom is 0.267 e. The van der Waals surface area contributed by atoms with Gasteiger partial charge in [-0.2, -0.15) is 0 Å². The highest BCUT2D eigenvalue weighted by atomic mass is 35.5. The van der Waals surface area contributed by atoms with Gasteiger partial charge in [-0.3, -0.25) is 4.79 Å². The van der Waals surface area contributed by atoms with Crippen molar-refractivity contribution in [3.63, 3.8) is 0 Å². The monoisotopic (exact) mass is 334 g/mol. The van der Waals surface area contributed by atoms with Gasteiger partial charge in [0, 0.05) is 11.9 Å². The van der Waals surface area contributed by atoms with Gasteiger partial charge in [0.15, 0.2) is 0 Å². The van der Waals surface area contributed by atoms with Gasteiger partial charge in [0.05, 0.1) is 17.1 Å². The molecule has 0 saturated heterocycles. The van der Waals surface area contributed by atoms with Crippen molar-refractivity contribution in [2.45, 2.75) is 46.3 Å². The fourth-order valence-electron chi connectivity index (χ4n) is 2.98. The Balaban J connectivity index is 1.97. The SMILES string of the molecule is CC[C@@H]1Cn2c(C(=O)NCCC(C)C)cc3c(Cl)ccc(c32)O1. The number of aromatic nitrogens is 1. The number of rotatable bonds is 5. The standard InChI is InChI=1S/C18H23ClN2O2/c1-4-12-10-21-15(18(22)20-8-7-11(2)3)9-13-14(19)5-6-16(23-12)17(13)21/h5-6,9,11-12H,4,7-8,10H2,1-3H3,(H,20,22)/t12-/m1/s1. The number of ether oxygens (including phenoxy) is 1. The molecule has 1 atom stereocenters. The quantitative estimate of drug-likeness (QED) is 0.888. The molecule has 4 nitrogen and oxygen atoms in total. The molecule has 0 fully saturated rings. The van der Waals surface area contributed by atoms with Crippen molar-refractivity contribution in [3.8, 4) is 5.75 Å². The summed E-state index contributed by atoms with van der Waals surface area (Å²) in [7, 11) is 0. The molecule has 0 radical (unpaired) electrons. The molecule has 3 rings (SSSR count). The molecule has 5 heteroatoms. The lowest BCUT2D eigenvalue weighted by molar-refractivity contribution is 0.0936. The highest BCUT2D eigenvalue weighted by Crippen LogP contribution is 2.38. The molecular formula is C18H23ClN2O2. The molecule has 0 bridgehead atoms. The van der Waals surface area contributed by atoms with E-state index in [9.17, 15) is 4.79 Å². The number of nitrogens with zero attached hydrogens (tertiary/aromatic N) is 1. The summed E-state index contributed by atoms with van der Waals surface area (Å²) in [6.45, 7) is 7.76. The number of halogens is 1. The molecule has 1 amide bonds. The molecule has 2 heterocycles. The van der Waals surface area contributed by atoms with E-state index in [1.54, 1.807) is 0 Å². The number of hydrogen-bond acceptors (Lipinski definition) is 2. The van der Waals surface area contributed by atoms with Crippen LogP contribution in [0.1, 0.15) is 44.1 Å².